The van der Waals surface area contributed by atoms with Gasteiger partial charge in [-0.3, -0.25) is 14.5 Å². The summed E-state index contributed by atoms with van der Waals surface area (Å²) in [7, 11) is 3.58. The van der Waals surface area contributed by atoms with Gasteiger partial charge in [-0.25, -0.2) is 9.50 Å². The molecular formula is C24H32N8O. The maximum atomic E-state index is 12.1. The van der Waals surface area contributed by atoms with E-state index in [9.17, 15) is 4.79 Å². The van der Waals surface area contributed by atoms with Gasteiger partial charge in [-0.1, -0.05) is 13.8 Å². The van der Waals surface area contributed by atoms with Gasteiger partial charge in [0.15, 0.2) is 0 Å². The predicted octanol–water partition coefficient (Wildman–Crippen LogP) is 3.19. The van der Waals surface area contributed by atoms with Crippen molar-refractivity contribution in [3.05, 3.63) is 42.7 Å². The minimum atomic E-state index is 0.0595. The molecule has 0 radical (unpaired) electrons. The number of rotatable bonds is 8. The van der Waals surface area contributed by atoms with Gasteiger partial charge in [0.25, 0.3) is 0 Å². The van der Waals surface area contributed by atoms with E-state index in [4.69, 9.17) is 10.7 Å². The maximum absolute atomic E-state index is 12.1. The van der Waals surface area contributed by atoms with Crippen molar-refractivity contribution in [1.29, 1.82) is 0 Å². The highest BCUT2D eigenvalue weighted by atomic mass is 16.2. The van der Waals surface area contributed by atoms with Crippen LogP contribution in [0.15, 0.2) is 42.0 Å². The molecular weight excluding hydrogens is 416 g/mol. The van der Waals surface area contributed by atoms with Crippen LogP contribution in [0, 0.1) is 5.92 Å². The Morgan fingerprint density at radius 2 is 2.03 bits per heavy atom. The van der Waals surface area contributed by atoms with Crippen LogP contribution in [0.1, 0.15) is 51.3 Å². The van der Waals surface area contributed by atoms with E-state index in [2.05, 4.69) is 29.0 Å². The van der Waals surface area contributed by atoms with Crippen molar-refractivity contribution in [3.8, 4) is 11.3 Å². The number of carbonyl (C=O) groups is 1. The summed E-state index contributed by atoms with van der Waals surface area (Å²) in [4.78, 5) is 23.3. The van der Waals surface area contributed by atoms with Gasteiger partial charge in [0.1, 0.15) is 0 Å². The third-order valence-electron chi connectivity index (χ3n) is 6.38. The van der Waals surface area contributed by atoms with E-state index in [-0.39, 0.29) is 17.9 Å². The lowest BCUT2D eigenvalue weighted by Gasteiger charge is -2.33. The lowest BCUT2D eigenvalue weighted by atomic mass is 9.80. The second kappa shape index (κ2) is 9.56. The molecule has 9 nitrogen and oxygen atoms in total. The third kappa shape index (κ3) is 4.53. The number of hydrogen-bond acceptors (Lipinski definition) is 6. The van der Waals surface area contributed by atoms with Crippen LogP contribution in [0.3, 0.4) is 0 Å². The predicted molar refractivity (Wildman–Crippen MR) is 130 cm³/mol. The van der Waals surface area contributed by atoms with Gasteiger partial charge in [-0.05, 0) is 31.7 Å². The van der Waals surface area contributed by atoms with E-state index in [1.807, 2.05) is 29.3 Å². The second-order valence-corrected chi connectivity index (χ2v) is 8.77. The van der Waals surface area contributed by atoms with Crippen LogP contribution in [0.4, 0.5) is 0 Å². The highest BCUT2D eigenvalue weighted by Crippen LogP contribution is 2.32. The number of nitrogens with zero attached hydrogens (tertiary/aromatic N) is 7. The molecule has 3 heterocycles. The number of hydrogen-bond donors (Lipinski definition) is 1. The molecule has 0 bridgehead atoms. The molecule has 0 saturated heterocycles. The molecule has 1 fully saturated rings. The first-order chi connectivity index (χ1) is 15.9. The van der Waals surface area contributed by atoms with Gasteiger partial charge < -0.3 is 10.6 Å². The molecule has 2 N–H and O–H groups in total. The Bertz CT molecular complexity index is 1180. The standard InChI is InChI=1S/C24H32N8O/c1-5-20(6-2)31-14-18(13-28-31)23-22-7-8-27-32(22)15-21(29-23)17(11-25)12-26-19-9-16(10-19)24(33)30(3)4/h7-8,11-16,19-20H,5-6,9-10,25H2,1-4H3. The summed E-state index contributed by atoms with van der Waals surface area (Å²) in [5.74, 6) is 0.227. The second-order valence-electron chi connectivity index (χ2n) is 8.77. The lowest BCUT2D eigenvalue weighted by molar-refractivity contribution is -0.135. The molecule has 3 aromatic rings. The van der Waals surface area contributed by atoms with E-state index in [0.717, 1.165) is 42.5 Å². The van der Waals surface area contributed by atoms with E-state index in [1.54, 1.807) is 35.9 Å². The van der Waals surface area contributed by atoms with Crippen molar-refractivity contribution in [2.24, 2.45) is 16.6 Å². The zero-order valence-electron chi connectivity index (χ0n) is 19.7. The van der Waals surface area contributed by atoms with Crippen molar-refractivity contribution in [3.63, 3.8) is 0 Å². The highest BCUT2D eigenvalue weighted by molar-refractivity contribution is 6.09. The average molecular weight is 449 g/mol. The Morgan fingerprint density at radius 1 is 1.27 bits per heavy atom. The number of carbonyl (C=O) groups excluding carboxylic acids is 1. The largest absolute Gasteiger partial charge is 0.404 e. The van der Waals surface area contributed by atoms with Gasteiger partial charge in [-0.15, -0.1) is 0 Å². The molecule has 4 rings (SSSR count). The van der Waals surface area contributed by atoms with Gasteiger partial charge >= 0.3 is 0 Å². The van der Waals surface area contributed by atoms with Gasteiger partial charge in [-0.2, -0.15) is 10.2 Å². The van der Waals surface area contributed by atoms with Gasteiger partial charge in [0.05, 0.1) is 47.6 Å². The number of fused-ring (bicyclic) bond motifs is 1. The van der Waals surface area contributed by atoms with Crippen LogP contribution in [0.5, 0.6) is 0 Å². The number of allylic oxidation sites excluding steroid dienone is 1. The Kier molecular flexibility index (Phi) is 6.57. The topological polar surface area (TPSA) is 107 Å². The van der Waals surface area contributed by atoms with Crippen molar-refractivity contribution in [1.82, 2.24) is 29.3 Å². The lowest BCUT2D eigenvalue weighted by Crippen LogP contribution is -2.39. The minimum absolute atomic E-state index is 0.0595. The first kappa shape index (κ1) is 22.7. The molecule has 0 aromatic carbocycles. The molecule has 174 valence electrons. The normalized spacial score (nSPS) is 18.9. The fourth-order valence-electron chi connectivity index (χ4n) is 4.26. The number of aliphatic imine (C=N–C) groups is 1. The molecule has 0 aliphatic heterocycles. The molecule has 1 amide bonds. The molecule has 0 unspecified atom stereocenters. The molecule has 1 saturated carbocycles. The summed E-state index contributed by atoms with van der Waals surface area (Å²) in [6.07, 6.45) is 14.3. The quantitative estimate of drug-likeness (QED) is 0.533. The molecule has 3 aromatic heterocycles. The minimum Gasteiger partial charge on any atom is -0.404 e. The summed E-state index contributed by atoms with van der Waals surface area (Å²) in [5.41, 5.74) is 9.99. The zero-order chi connectivity index (χ0) is 23.5. The molecule has 0 atom stereocenters. The average Bonchev–Trinajstić information content (AvgIpc) is 3.45. The van der Waals surface area contributed by atoms with Crippen LogP contribution < -0.4 is 5.73 Å². The van der Waals surface area contributed by atoms with Crippen molar-refractivity contribution in [2.45, 2.75) is 51.6 Å². The molecule has 1 aliphatic rings. The Balaban J connectivity index is 1.59. The fourth-order valence-corrected chi connectivity index (χ4v) is 4.26. The Labute approximate surface area is 194 Å². The summed E-state index contributed by atoms with van der Waals surface area (Å²) in [6.45, 7) is 4.34. The van der Waals surface area contributed by atoms with Crippen molar-refractivity contribution < 1.29 is 4.79 Å². The molecule has 33 heavy (non-hydrogen) atoms. The zero-order valence-corrected chi connectivity index (χ0v) is 19.7. The van der Waals surface area contributed by atoms with E-state index in [1.165, 1.54) is 6.20 Å². The van der Waals surface area contributed by atoms with Crippen LogP contribution in [0.2, 0.25) is 0 Å². The van der Waals surface area contributed by atoms with E-state index < -0.39 is 0 Å². The number of aromatic nitrogens is 5. The van der Waals surface area contributed by atoms with E-state index in [0.29, 0.717) is 17.3 Å². The summed E-state index contributed by atoms with van der Waals surface area (Å²) >= 11 is 0. The monoisotopic (exact) mass is 448 g/mol. The number of nitrogens with two attached hydrogens (primary N) is 1. The first-order valence-electron chi connectivity index (χ1n) is 11.5. The Hall–Kier alpha value is -3.49. The van der Waals surface area contributed by atoms with Crippen LogP contribution in [-0.4, -0.2) is 61.5 Å². The smallest absolute Gasteiger partial charge is 0.225 e. The van der Waals surface area contributed by atoms with Crippen molar-refractivity contribution in [2.75, 3.05) is 14.1 Å². The highest BCUT2D eigenvalue weighted by Gasteiger charge is 2.34. The van der Waals surface area contributed by atoms with Crippen LogP contribution >= 0.6 is 0 Å². The number of amides is 1. The fraction of sp³-hybridized carbons (Fsp3) is 0.458. The van der Waals surface area contributed by atoms with Gasteiger partial charge in [0, 0.05) is 49.8 Å². The van der Waals surface area contributed by atoms with Gasteiger partial charge in [0.2, 0.25) is 5.91 Å². The maximum Gasteiger partial charge on any atom is 0.225 e. The molecule has 9 heteroatoms. The summed E-state index contributed by atoms with van der Waals surface area (Å²) in [6, 6.07) is 2.43. The summed E-state index contributed by atoms with van der Waals surface area (Å²) < 4.78 is 3.82. The van der Waals surface area contributed by atoms with Crippen molar-refractivity contribution >= 4 is 23.2 Å². The third-order valence-corrected chi connectivity index (χ3v) is 6.38. The van der Waals surface area contributed by atoms with E-state index >= 15 is 0 Å². The molecule has 1 aliphatic carbocycles. The SMILES string of the molecule is CCC(CC)n1cc(-c2nc(C(C=NC3CC(C(=O)N(C)C)C3)=CN)cn3nccc23)cn1. The first-order valence-corrected chi connectivity index (χ1v) is 11.5. The Morgan fingerprint density at radius 3 is 2.70 bits per heavy atom. The van der Waals surface area contributed by atoms with Crippen LogP contribution in [-0.2, 0) is 4.79 Å². The summed E-state index contributed by atoms with van der Waals surface area (Å²) in [5, 5.41) is 9.00. The molecule has 0 spiro atoms. The van der Waals surface area contributed by atoms with Crippen LogP contribution in [0.25, 0.3) is 22.3 Å².